The Morgan fingerprint density at radius 1 is 1.53 bits per heavy atom. The number of primary amides is 1. The van der Waals surface area contributed by atoms with Gasteiger partial charge in [0.15, 0.2) is 0 Å². The van der Waals surface area contributed by atoms with Gasteiger partial charge in [-0.2, -0.15) is 0 Å². The van der Waals surface area contributed by atoms with E-state index in [1.54, 1.807) is 0 Å². The summed E-state index contributed by atoms with van der Waals surface area (Å²) in [7, 11) is 0. The van der Waals surface area contributed by atoms with Gasteiger partial charge in [-0.05, 0) is 18.8 Å². The molecule has 0 unspecified atom stereocenters. The van der Waals surface area contributed by atoms with Gasteiger partial charge in [0.05, 0.1) is 0 Å². The van der Waals surface area contributed by atoms with Gasteiger partial charge in [0.1, 0.15) is 11.6 Å². The van der Waals surface area contributed by atoms with Crippen molar-refractivity contribution < 1.29 is 4.79 Å². The van der Waals surface area contributed by atoms with E-state index in [9.17, 15) is 9.59 Å². The maximum atomic E-state index is 11.5. The van der Waals surface area contributed by atoms with Crippen LogP contribution in [0.3, 0.4) is 0 Å². The fourth-order valence-corrected chi connectivity index (χ4v) is 2.47. The highest BCUT2D eigenvalue weighted by atomic mass is 16.1. The van der Waals surface area contributed by atoms with Crippen LogP contribution in [0.2, 0.25) is 0 Å². The van der Waals surface area contributed by atoms with E-state index in [0.717, 1.165) is 31.7 Å². The Kier molecular flexibility index (Phi) is 4.19. The van der Waals surface area contributed by atoms with Crippen molar-refractivity contribution in [3.05, 3.63) is 22.2 Å². The number of carbonyl (C=O) groups excluding carboxylic acids is 1. The number of amides is 1. The van der Waals surface area contributed by atoms with Crippen molar-refractivity contribution >= 4 is 11.7 Å². The van der Waals surface area contributed by atoms with Crippen LogP contribution < -0.4 is 16.2 Å². The maximum absolute atomic E-state index is 11.5. The summed E-state index contributed by atoms with van der Waals surface area (Å²) in [6.07, 6.45) is 3.00. The predicted octanol–water partition coefficient (Wildman–Crippen LogP) is 0.424. The van der Waals surface area contributed by atoms with Gasteiger partial charge in [-0.3, -0.25) is 9.59 Å². The summed E-state index contributed by atoms with van der Waals surface area (Å²) >= 11 is 0. The van der Waals surface area contributed by atoms with Gasteiger partial charge in [-0.25, -0.2) is 4.98 Å². The second-order valence-corrected chi connectivity index (χ2v) is 5.00. The SMILES string of the molecule is CCc1nc(N2CCC(CC(N)=O)CC2)cc(=O)[nH]1. The molecule has 0 aromatic carbocycles. The summed E-state index contributed by atoms with van der Waals surface area (Å²) in [6, 6.07) is 1.54. The van der Waals surface area contributed by atoms with Gasteiger partial charge in [0, 0.05) is 32.0 Å². The Morgan fingerprint density at radius 2 is 2.21 bits per heavy atom. The van der Waals surface area contributed by atoms with Crippen molar-refractivity contribution in [2.45, 2.75) is 32.6 Å². The van der Waals surface area contributed by atoms with Crippen LogP contribution in [0.4, 0.5) is 5.82 Å². The summed E-state index contributed by atoms with van der Waals surface area (Å²) in [4.78, 5) is 31.7. The molecule has 19 heavy (non-hydrogen) atoms. The Morgan fingerprint density at radius 3 is 2.79 bits per heavy atom. The first kappa shape index (κ1) is 13.6. The van der Waals surface area contributed by atoms with Crippen LogP contribution in [0.15, 0.2) is 10.9 Å². The molecule has 2 heterocycles. The summed E-state index contributed by atoms with van der Waals surface area (Å²) < 4.78 is 0. The lowest BCUT2D eigenvalue weighted by atomic mass is 9.93. The lowest BCUT2D eigenvalue weighted by Gasteiger charge is -2.32. The fraction of sp³-hybridized carbons (Fsp3) is 0.615. The largest absolute Gasteiger partial charge is 0.370 e. The van der Waals surface area contributed by atoms with Crippen LogP contribution in [-0.2, 0) is 11.2 Å². The summed E-state index contributed by atoms with van der Waals surface area (Å²) in [5, 5.41) is 0. The molecule has 0 spiro atoms. The number of aromatic nitrogens is 2. The number of rotatable bonds is 4. The van der Waals surface area contributed by atoms with E-state index in [2.05, 4.69) is 14.9 Å². The number of H-pyrrole nitrogens is 1. The molecule has 1 aliphatic rings. The summed E-state index contributed by atoms with van der Waals surface area (Å²) in [5.41, 5.74) is 5.11. The third-order valence-electron chi connectivity index (χ3n) is 3.54. The first-order chi connectivity index (χ1) is 9.08. The summed E-state index contributed by atoms with van der Waals surface area (Å²) in [5.74, 6) is 1.57. The zero-order chi connectivity index (χ0) is 13.8. The number of aromatic amines is 1. The van der Waals surface area contributed by atoms with Crippen molar-refractivity contribution in [3.63, 3.8) is 0 Å². The minimum absolute atomic E-state index is 0.110. The molecule has 0 atom stereocenters. The number of carbonyl (C=O) groups is 1. The molecular formula is C13H20N4O2. The van der Waals surface area contributed by atoms with Crippen LogP contribution in [-0.4, -0.2) is 29.0 Å². The van der Waals surface area contributed by atoms with Gasteiger partial charge in [0.25, 0.3) is 5.56 Å². The summed E-state index contributed by atoms with van der Waals surface area (Å²) in [6.45, 7) is 3.59. The fourth-order valence-electron chi connectivity index (χ4n) is 2.47. The number of nitrogens with zero attached hydrogens (tertiary/aromatic N) is 2. The third kappa shape index (κ3) is 3.56. The molecule has 2 rings (SSSR count). The van der Waals surface area contributed by atoms with Crippen molar-refractivity contribution in [2.24, 2.45) is 11.7 Å². The Hall–Kier alpha value is -1.85. The van der Waals surface area contributed by atoms with Crippen LogP contribution in [0, 0.1) is 5.92 Å². The molecule has 1 aliphatic heterocycles. The topological polar surface area (TPSA) is 92.1 Å². The number of hydrogen-bond acceptors (Lipinski definition) is 4. The van der Waals surface area contributed by atoms with Crippen molar-refractivity contribution in [2.75, 3.05) is 18.0 Å². The predicted molar refractivity (Wildman–Crippen MR) is 73.0 cm³/mol. The van der Waals surface area contributed by atoms with E-state index >= 15 is 0 Å². The first-order valence-electron chi connectivity index (χ1n) is 6.72. The second-order valence-electron chi connectivity index (χ2n) is 5.00. The van der Waals surface area contributed by atoms with Crippen molar-refractivity contribution in [1.82, 2.24) is 9.97 Å². The van der Waals surface area contributed by atoms with Crippen molar-refractivity contribution in [1.29, 1.82) is 0 Å². The first-order valence-corrected chi connectivity index (χ1v) is 6.72. The zero-order valence-electron chi connectivity index (χ0n) is 11.2. The Bertz CT molecular complexity index is 504. The van der Waals surface area contributed by atoms with Gasteiger partial charge >= 0.3 is 0 Å². The van der Waals surface area contributed by atoms with E-state index in [4.69, 9.17) is 5.73 Å². The van der Waals surface area contributed by atoms with Crippen LogP contribution in [0.5, 0.6) is 0 Å². The number of nitrogens with one attached hydrogen (secondary N) is 1. The smallest absolute Gasteiger partial charge is 0.252 e. The molecule has 6 nitrogen and oxygen atoms in total. The number of anilines is 1. The average molecular weight is 264 g/mol. The molecule has 6 heteroatoms. The minimum Gasteiger partial charge on any atom is -0.370 e. The molecule has 0 aliphatic carbocycles. The van der Waals surface area contributed by atoms with Crippen LogP contribution in [0.25, 0.3) is 0 Å². The second kappa shape index (κ2) is 5.86. The molecule has 0 radical (unpaired) electrons. The van der Waals surface area contributed by atoms with E-state index in [1.165, 1.54) is 6.07 Å². The number of nitrogens with two attached hydrogens (primary N) is 1. The molecule has 1 amide bonds. The highest BCUT2D eigenvalue weighted by molar-refractivity contribution is 5.74. The number of piperidine rings is 1. The van der Waals surface area contributed by atoms with E-state index < -0.39 is 0 Å². The van der Waals surface area contributed by atoms with Gasteiger partial charge in [-0.15, -0.1) is 0 Å². The van der Waals surface area contributed by atoms with Gasteiger partial charge in [-0.1, -0.05) is 6.92 Å². The van der Waals surface area contributed by atoms with Gasteiger partial charge < -0.3 is 15.6 Å². The minimum atomic E-state index is -0.235. The normalized spacial score (nSPS) is 16.6. The molecule has 0 saturated carbocycles. The molecule has 104 valence electrons. The lowest BCUT2D eigenvalue weighted by molar-refractivity contribution is -0.119. The number of aryl methyl sites for hydroxylation is 1. The molecular weight excluding hydrogens is 244 g/mol. The quantitative estimate of drug-likeness (QED) is 0.824. The molecule has 1 saturated heterocycles. The number of hydrogen-bond donors (Lipinski definition) is 2. The molecule has 0 bridgehead atoms. The average Bonchev–Trinajstić information content (AvgIpc) is 2.38. The zero-order valence-corrected chi connectivity index (χ0v) is 11.2. The highest BCUT2D eigenvalue weighted by Gasteiger charge is 2.21. The Balaban J connectivity index is 2.03. The monoisotopic (exact) mass is 264 g/mol. The van der Waals surface area contributed by atoms with E-state index in [-0.39, 0.29) is 11.5 Å². The molecule has 1 fully saturated rings. The molecule has 1 aromatic heterocycles. The third-order valence-corrected chi connectivity index (χ3v) is 3.54. The van der Waals surface area contributed by atoms with E-state index in [0.29, 0.717) is 24.6 Å². The lowest BCUT2D eigenvalue weighted by Crippen LogP contribution is -2.36. The van der Waals surface area contributed by atoms with Gasteiger partial charge in [0.2, 0.25) is 5.91 Å². The van der Waals surface area contributed by atoms with E-state index in [1.807, 2.05) is 6.92 Å². The van der Waals surface area contributed by atoms with Crippen molar-refractivity contribution in [3.8, 4) is 0 Å². The Labute approximate surface area is 112 Å². The maximum Gasteiger partial charge on any atom is 0.252 e. The van der Waals surface area contributed by atoms with Crippen LogP contribution in [0.1, 0.15) is 32.0 Å². The molecule has 1 aromatic rings. The molecule has 3 N–H and O–H groups in total. The van der Waals surface area contributed by atoms with Crippen LogP contribution >= 0.6 is 0 Å². The standard InChI is InChI=1S/C13H20N4O2/c1-2-11-15-12(8-13(19)16-11)17-5-3-9(4-6-17)7-10(14)18/h8-9H,2-7H2,1H3,(H2,14,18)(H,15,16,19). The highest BCUT2D eigenvalue weighted by Crippen LogP contribution is 2.23.